The van der Waals surface area contributed by atoms with Gasteiger partial charge in [0.2, 0.25) is 0 Å². The highest BCUT2D eigenvalue weighted by molar-refractivity contribution is 6.14. The van der Waals surface area contributed by atoms with E-state index in [9.17, 15) is 39.6 Å². The molecule has 0 amide bonds. The molecule has 0 fully saturated rings. The number of carbonyl (C=O) groups is 4. The fourth-order valence-corrected chi connectivity index (χ4v) is 19.5. The predicted octanol–water partition coefficient (Wildman–Crippen LogP) is 26.5. The first-order valence-corrected chi connectivity index (χ1v) is 47.1. The van der Waals surface area contributed by atoms with E-state index in [1.807, 2.05) is 305 Å². The van der Waals surface area contributed by atoms with Gasteiger partial charge >= 0.3 is 23.9 Å². The lowest BCUT2D eigenvalue weighted by atomic mass is 9.85. The Morgan fingerprint density at radius 3 is 0.691 bits per heavy atom. The van der Waals surface area contributed by atoms with Crippen LogP contribution in [-0.4, -0.2) is 113 Å². The number of carboxylic acids is 4. The molecule has 20 heteroatoms. The Kier molecular flexibility index (Phi) is 26.4. The average molecular weight is 1820 g/mol. The summed E-state index contributed by atoms with van der Waals surface area (Å²) in [6.45, 7) is 33.9. The number of aliphatic carboxylic acids is 4. The molecule has 20 rings (SSSR count). The van der Waals surface area contributed by atoms with Crippen LogP contribution in [0.15, 0.2) is 219 Å². The summed E-state index contributed by atoms with van der Waals surface area (Å²) in [4.78, 5) is 69.6. The molecule has 4 N–H and O–H groups in total. The molecule has 0 radical (unpaired) electrons. The van der Waals surface area contributed by atoms with E-state index in [1.165, 1.54) is 22.3 Å². The highest BCUT2D eigenvalue weighted by Gasteiger charge is 2.40. The minimum atomic E-state index is -1.11. The van der Waals surface area contributed by atoms with Crippen molar-refractivity contribution < 1.29 is 77.5 Å². The van der Waals surface area contributed by atoms with Gasteiger partial charge in [-0.05, 0) is 291 Å². The van der Waals surface area contributed by atoms with Gasteiger partial charge in [0.1, 0.15) is 23.0 Å². The van der Waals surface area contributed by atoms with Crippen molar-refractivity contribution >= 4 is 111 Å². The van der Waals surface area contributed by atoms with Crippen LogP contribution in [0.25, 0.3) is 131 Å². The number of rotatable bonds is 24. The lowest BCUT2D eigenvalue weighted by Gasteiger charge is -2.31. The molecule has 696 valence electrons. The van der Waals surface area contributed by atoms with Gasteiger partial charge in [0.05, 0.1) is 70.9 Å². The molecule has 0 spiro atoms. The van der Waals surface area contributed by atoms with Gasteiger partial charge in [-0.2, -0.15) is 0 Å². The zero-order valence-corrected chi connectivity index (χ0v) is 80.1. The third kappa shape index (κ3) is 18.2. The van der Waals surface area contributed by atoms with Crippen LogP contribution >= 0.6 is 0 Å². The number of benzene rings is 12. The van der Waals surface area contributed by atoms with Gasteiger partial charge in [0.25, 0.3) is 0 Å². The number of pyridine rings is 4. The van der Waals surface area contributed by atoms with Crippen LogP contribution in [0.1, 0.15) is 200 Å². The van der Waals surface area contributed by atoms with Crippen molar-refractivity contribution in [2.75, 3.05) is 26.4 Å². The van der Waals surface area contributed by atoms with E-state index in [0.717, 1.165) is 202 Å². The number of aryl methyl sites for hydroxylation is 4. The smallest absolute Gasteiger partial charge is 0.337 e. The average Bonchev–Trinajstić information content (AvgIpc) is 0.744. The summed E-state index contributed by atoms with van der Waals surface area (Å²) in [5.41, 5.74) is 18.9. The lowest BCUT2D eigenvalue weighted by Crippen LogP contribution is -2.30. The monoisotopic (exact) mass is 1820 g/mol. The third-order valence-electron chi connectivity index (χ3n) is 27.6. The molecule has 4 aliphatic rings. The number of ether oxygens (including phenoxy) is 8. The van der Waals surface area contributed by atoms with Crippen molar-refractivity contribution in [3.05, 3.63) is 286 Å². The Bertz CT molecular complexity index is 6530. The Labute approximate surface area is 791 Å². The Balaban J connectivity index is 0.000000126. The lowest BCUT2D eigenvalue weighted by molar-refractivity contribution is -0.163. The zero-order chi connectivity index (χ0) is 96.1. The Morgan fingerprint density at radius 2 is 0.500 bits per heavy atom. The Hall–Kier alpha value is -13.8. The summed E-state index contributed by atoms with van der Waals surface area (Å²) in [5.74, 6) is -0.704. The summed E-state index contributed by atoms with van der Waals surface area (Å²) in [5, 5.41) is 53.5. The summed E-state index contributed by atoms with van der Waals surface area (Å²) < 4.78 is 48.8. The molecule has 136 heavy (non-hydrogen) atoms. The maximum absolute atomic E-state index is 12.6. The second kappa shape index (κ2) is 38.2. The van der Waals surface area contributed by atoms with Crippen LogP contribution in [0.2, 0.25) is 0 Å². The molecule has 0 saturated carbocycles. The first-order valence-electron chi connectivity index (χ1n) is 47.1. The second-order valence-corrected chi connectivity index (χ2v) is 38.2. The molecule has 0 aliphatic carbocycles. The van der Waals surface area contributed by atoms with Gasteiger partial charge in [-0.15, -0.1) is 0 Å². The maximum atomic E-state index is 12.6. The summed E-state index contributed by atoms with van der Waals surface area (Å²) >= 11 is 0. The molecule has 16 aromatic rings. The highest BCUT2D eigenvalue weighted by atomic mass is 16.6. The van der Waals surface area contributed by atoms with Crippen molar-refractivity contribution in [2.24, 2.45) is 0 Å². The fraction of sp³-hybridized carbons (Fsp3) is 0.310. The van der Waals surface area contributed by atoms with Crippen LogP contribution in [0.5, 0.6) is 23.0 Å². The molecule has 8 heterocycles. The van der Waals surface area contributed by atoms with Crippen LogP contribution in [0, 0.1) is 27.7 Å². The third-order valence-corrected chi connectivity index (χ3v) is 27.6. The van der Waals surface area contributed by atoms with Gasteiger partial charge in [-0.3, -0.25) is 19.9 Å². The minimum absolute atomic E-state index is 0.593. The fourth-order valence-electron chi connectivity index (χ4n) is 19.5. The standard InChI is InChI=1S/4C29H29NO4/c4*1-5-29(3,4)34-27(28(31)32)23-17(2)16-19-8-6-7-9-20(19)25(23)21-10-11-22-24-18(13-15-33-22)12-14-30-26(21)24/h4*6-12,14,16,27H,5,13,15H2,1-4H3,(H,31,32)/t4*27-/m1100/s1. The molecular formula is C116H116N4O16. The summed E-state index contributed by atoms with van der Waals surface area (Å²) in [6.07, 6.45) is 8.93. The minimum Gasteiger partial charge on any atom is -0.493 e. The molecule has 0 saturated heterocycles. The van der Waals surface area contributed by atoms with Crippen molar-refractivity contribution in [2.45, 2.75) is 209 Å². The van der Waals surface area contributed by atoms with Gasteiger partial charge in [0.15, 0.2) is 24.4 Å². The molecule has 4 aliphatic heterocycles. The topological polar surface area (TPSA) is 275 Å². The van der Waals surface area contributed by atoms with Crippen LogP contribution in [-0.2, 0) is 63.8 Å². The predicted molar refractivity (Wildman–Crippen MR) is 538 cm³/mol. The van der Waals surface area contributed by atoms with E-state index in [0.29, 0.717) is 74.4 Å². The van der Waals surface area contributed by atoms with Crippen LogP contribution in [0.3, 0.4) is 0 Å². The second-order valence-electron chi connectivity index (χ2n) is 38.2. The van der Waals surface area contributed by atoms with Gasteiger partial charge < -0.3 is 58.3 Å². The number of aromatic nitrogens is 4. The van der Waals surface area contributed by atoms with Crippen LogP contribution in [0.4, 0.5) is 0 Å². The van der Waals surface area contributed by atoms with E-state index in [4.69, 9.17) is 57.8 Å². The molecule has 12 aromatic carbocycles. The van der Waals surface area contributed by atoms with Crippen LogP contribution < -0.4 is 18.9 Å². The zero-order valence-electron chi connectivity index (χ0n) is 80.1. The summed E-state index contributed by atoms with van der Waals surface area (Å²) in [6, 6.07) is 64.7. The van der Waals surface area contributed by atoms with E-state index < -0.39 is 70.7 Å². The van der Waals surface area contributed by atoms with E-state index in [-0.39, 0.29) is 0 Å². The molecule has 4 aromatic heterocycles. The maximum Gasteiger partial charge on any atom is 0.337 e. The number of fused-ring (bicyclic) bond motifs is 4. The molecular weight excluding hydrogens is 1710 g/mol. The normalized spacial score (nSPS) is 14.2. The largest absolute Gasteiger partial charge is 0.493 e. The quantitative estimate of drug-likeness (QED) is 0.0437. The summed E-state index contributed by atoms with van der Waals surface area (Å²) in [7, 11) is 0. The molecule has 0 bridgehead atoms. The molecule has 20 nitrogen and oxygen atoms in total. The number of hydrogen-bond acceptors (Lipinski definition) is 16. The van der Waals surface area contributed by atoms with Gasteiger partial charge in [-0.25, -0.2) is 19.2 Å². The Morgan fingerprint density at radius 1 is 0.301 bits per heavy atom. The van der Waals surface area contributed by atoms with E-state index in [1.54, 1.807) is 0 Å². The number of nitrogens with zero attached hydrogens (tertiary/aromatic N) is 4. The van der Waals surface area contributed by atoms with Crippen molar-refractivity contribution in [3.8, 4) is 67.5 Å². The first kappa shape index (κ1) is 94.0. The SMILES string of the molecule is CCC(C)(C)O[C@@H](C(=O)O)c1c(C)cc2ccccc2c1-c1ccc2c3c(ccnc13)CCO2.CCC(C)(C)O[C@@H](C(=O)O)c1c(C)cc2ccccc2c1-c1ccc2c3c(ccnc13)CCO2.CCC(C)(C)O[C@H](C(=O)O)c1c(C)cc2ccccc2c1-c1ccc2c3c(ccnc13)CCO2.CCC(C)(C)O[C@H](C(=O)O)c1c(C)cc2ccccc2c1-c1ccc2c3c(ccnc13)CCO2. The van der Waals surface area contributed by atoms with Crippen molar-refractivity contribution in [3.63, 3.8) is 0 Å². The number of carboxylic acid groups (broad SMARTS) is 4. The molecule has 4 atom stereocenters. The number of hydrogen-bond donors (Lipinski definition) is 4. The van der Waals surface area contributed by atoms with E-state index in [2.05, 4.69) is 24.3 Å². The molecule has 0 unspecified atom stereocenters. The highest BCUT2D eigenvalue weighted by Crippen LogP contribution is 2.52. The van der Waals surface area contributed by atoms with E-state index >= 15 is 0 Å². The van der Waals surface area contributed by atoms with Gasteiger partial charge in [-0.1, -0.05) is 149 Å². The first-order chi connectivity index (χ1) is 65.2. The van der Waals surface area contributed by atoms with Crippen molar-refractivity contribution in [1.82, 2.24) is 19.9 Å². The van der Waals surface area contributed by atoms with Gasteiger partial charge in [0, 0.05) is 117 Å². The van der Waals surface area contributed by atoms with Crippen molar-refractivity contribution in [1.29, 1.82) is 0 Å².